The lowest BCUT2D eigenvalue weighted by molar-refractivity contribution is 0.115. The van der Waals surface area contributed by atoms with E-state index in [2.05, 4.69) is 0 Å². The third-order valence-corrected chi connectivity index (χ3v) is 3.33. The molecule has 3 heteroatoms. The second-order valence-electron chi connectivity index (χ2n) is 4.43. The Bertz CT molecular complexity index is 361. The molecule has 1 saturated carbocycles. The van der Waals surface area contributed by atoms with Gasteiger partial charge in [0.15, 0.2) is 0 Å². The molecular weight excluding hydrogens is 207 g/mol. The fourth-order valence-corrected chi connectivity index (χ4v) is 2.14. The Labute approximate surface area is 95.1 Å². The van der Waals surface area contributed by atoms with Crippen molar-refractivity contribution in [3.63, 3.8) is 0 Å². The first-order valence-corrected chi connectivity index (χ1v) is 5.72. The summed E-state index contributed by atoms with van der Waals surface area (Å²) in [6.45, 7) is 0. The maximum absolute atomic E-state index is 13.1. The molecule has 88 valence electrons. The zero-order valence-corrected chi connectivity index (χ0v) is 9.45. The number of benzene rings is 1. The molecule has 1 atom stereocenters. The third kappa shape index (κ3) is 2.35. The van der Waals surface area contributed by atoms with Gasteiger partial charge in [-0.25, -0.2) is 4.39 Å². The summed E-state index contributed by atoms with van der Waals surface area (Å²) >= 11 is 0. The first kappa shape index (κ1) is 11.4. The Morgan fingerprint density at radius 1 is 1.50 bits per heavy atom. The molecule has 2 nitrogen and oxygen atoms in total. The van der Waals surface area contributed by atoms with Crippen LogP contribution >= 0.6 is 0 Å². The van der Waals surface area contributed by atoms with Crippen LogP contribution in [0.25, 0.3) is 0 Å². The average Bonchev–Trinajstić information content (AvgIpc) is 2.23. The van der Waals surface area contributed by atoms with Crippen molar-refractivity contribution >= 4 is 0 Å². The van der Waals surface area contributed by atoms with E-state index in [1.54, 1.807) is 6.07 Å². The highest BCUT2D eigenvalue weighted by molar-refractivity contribution is 5.35. The van der Waals surface area contributed by atoms with Crippen molar-refractivity contribution in [2.75, 3.05) is 7.11 Å². The number of hydrogen-bond acceptors (Lipinski definition) is 2. The van der Waals surface area contributed by atoms with E-state index >= 15 is 0 Å². The van der Waals surface area contributed by atoms with Crippen LogP contribution in [0.2, 0.25) is 0 Å². The molecule has 1 aromatic carbocycles. The minimum atomic E-state index is -0.615. The van der Waals surface area contributed by atoms with Gasteiger partial charge >= 0.3 is 0 Å². The van der Waals surface area contributed by atoms with Gasteiger partial charge in [0.25, 0.3) is 0 Å². The molecule has 16 heavy (non-hydrogen) atoms. The van der Waals surface area contributed by atoms with Gasteiger partial charge in [0, 0.05) is 5.56 Å². The predicted octanol–water partition coefficient (Wildman–Crippen LogP) is 3.06. The lowest BCUT2D eigenvalue weighted by Gasteiger charge is -2.28. The molecule has 1 aliphatic rings. The van der Waals surface area contributed by atoms with Gasteiger partial charge < -0.3 is 9.84 Å². The van der Waals surface area contributed by atoms with E-state index in [4.69, 9.17) is 4.74 Å². The van der Waals surface area contributed by atoms with Crippen LogP contribution in [0.3, 0.4) is 0 Å². The number of hydrogen-bond donors (Lipinski definition) is 1. The van der Waals surface area contributed by atoms with Crippen LogP contribution in [0.1, 0.15) is 37.4 Å². The Kier molecular flexibility index (Phi) is 3.44. The average molecular weight is 224 g/mol. The molecule has 0 spiro atoms. The first-order chi connectivity index (χ1) is 7.70. The van der Waals surface area contributed by atoms with Crippen LogP contribution in [0.4, 0.5) is 4.39 Å². The highest BCUT2D eigenvalue weighted by Gasteiger charge is 2.23. The zero-order chi connectivity index (χ0) is 11.5. The van der Waals surface area contributed by atoms with Crippen LogP contribution < -0.4 is 4.74 Å². The third-order valence-electron chi connectivity index (χ3n) is 3.33. The van der Waals surface area contributed by atoms with E-state index < -0.39 is 6.10 Å². The van der Waals surface area contributed by atoms with E-state index in [-0.39, 0.29) is 5.82 Å². The standard InChI is InChI=1S/C13H17FO2/c1-16-13-6-5-10(14)8-11(13)12(15)7-9-3-2-4-9/h5-6,8-9,12,15H,2-4,7H2,1H3. The van der Waals surface area contributed by atoms with Crippen LogP contribution in [-0.4, -0.2) is 12.2 Å². The Morgan fingerprint density at radius 2 is 2.25 bits per heavy atom. The van der Waals surface area contributed by atoms with Crippen LogP contribution in [0.5, 0.6) is 5.75 Å². The smallest absolute Gasteiger partial charge is 0.124 e. The maximum atomic E-state index is 13.1. The lowest BCUT2D eigenvalue weighted by atomic mass is 9.80. The van der Waals surface area contributed by atoms with Crippen molar-refractivity contribution in [2.24, 2.45) is 5.92 Å². The second kappa shape index (κ2) is 4.83. The highest BCUT2D eigenvalue weighted by Crippen LogP contribution is 2.37. The first-order valence-electron chi connectivity index (χ1n) is 5.72. The molecule has 1 aromatic rings. The van der Waals surface area contributed by atoms with E-state index in [0.717, 1.165) is 0 Å². The molecule has 1 N–H and O–H groups in total. The molecule has 2 rings (SSSR count). The van der Waals surface area contributed by atoms with Gasteiger partial charge in [-0.2, -0.15) is 0 Å². The SMILES string of the molecule is COc1ccc(F)cc1C(O)CC1CCC1. The largest absolute Gasteiger partial charge is 0.496 e. The molecule has 1 fully saturated rings. The van der Waals surface area contributed by atoms with Crippen molar-refractivity contribution in [1.29, 1.82) is 0 Å². The van der Waals surface area contributed by atoms with Crippen molar-refractivity contribution in [1.82, 2.24) is 0 Å². The highest BCUT2D eigenvalue weighted by atomic mass is 19.1. The molecule has 0 radical (unpaired) electrons. The molecular formula is C13H17FO2. The Hall–Kier alpha value is -1.09. The Morgan fingerprint density at radius 3 is 2.81 bits per heavy atom. The molecule has 1 unspecified atom stereocenters. The van der Waals surface area contributed by atoms with Gasteiger partial charge in [0.05, 0.1) is 13.2 Å². The van der Waals surface area contributed by atoms with Gasteiger partial charge in [-0.1, -0.05) is 19.3 Å². The summed E-state index contributed by atoms with van der Waals surface area (Å²) in [4.78, 5) is 0. The maximum Gasteiger partial charge on any atom is 0.124 e. The minimum absolute atomic E-state index is 0.330. The van der Waals surface area contributed by atoms with E-state index in [1.165, 1.54) is 38.5 Å². The van der Waals surface area contributed by atoms with Gasteiger partial charge in [0.2, 0.25) is 0 Å². The summed E-state index contributed by atoms with van der Waals surface area (Å²) < 4.78 is 18.2. The summed E-state index contributed by atoms with van der Waals surface area (Å²) in [5.41, 5.74) is 0.564. The number of ether oxygens (including phenoxy) is 1. The lowest BCUT2D eigenvalue weighted by Crippen LogP contribution is -2.15. The van der Waals surface area contributed by atoms with E-state index in [9.17, 15) is 9.50 Å². The monoisotopic (exact) mass is 224 g/mol. The van der Waals surface area contributed by atoms with Crippen LogP contribution in [0.15, 0.2) is 18.2 Å². The minimum Gasteiger partial charge on any atom is -0.496 e. The molecule has 0 amide bonds. The summed E-state index contributed by atoms with van der Waals surface area (Å²) in [5, 5.41) is 10.0. The normalized spacial score (nSPS) is 17.9. The fourth-order valence-electron chi connectivity index (χ4n) is 2.14. The summed E-state index contributed by atoms with van der Waals surface area (Å²) in [6.07, 6.45) is 3.69. The summed E-state index contributed by atoms with van der Waals surface area (Å²) in [5.74, 6) is 0.819. The molecule has 0 saturated heterocycles. The van der Waals surface area contributed by atoms with Crippen molar-refractivity contribution in [3.8, 4) is 5.75 Å². The zero-order valence-electron chi connectivity index (χ0n) is 9.45. The number of rotatable bonds is 4. The summed E-state index contributed by atoms with van der Waals surface area (Å²) in [7, 11) is 1.53. The number of halogens is 1. The molecule has 1 aliphatic carbocycles. The second-order valence-corrected chi connectivity index (χ2v) is 4.43. The van der Waals surface area contributed by atoms with Crippen LogP contribution in [0, 0.1) is 11.7 Å². The number of aliphatic hydroxyl groups excluding tert-OH is 1. The van der Waals surface area contributed by atoms with Gasteiger partial charge in [-0.3, -0.25) is 0 Å². The Balaban J connectivity index is 2.13. The predicted molar refractivity (Wildman–Crippen MR) is 59.9 cm³/mol. The number of aliphatic hydroxyl groups is 1. The van der Waals surface area contributed by atoms with Gasteiger partial charge in [0.1, 0.15) is 11.6 Å². The molecule has 0 aliphatic heterocycles. The van der Waals surface area contributed by atoms with E-state index in [1.807, 2.05) is 0 Å². The van der Waals surface area contributed by atoms with Crippen molar-refractivity contribution in [2.45, 2.75) is 31.8 Å². The number of methoxy groups -OCH3 is 1. The van der Waals surface area contributed by atoms with Crippen LogP contribution in [-0.2, 0) is 0 Å². The molecule has 0 heterocycles. The van der Waals surface area contributed by atoms with Crippen molar-refractivity contribution in [3.05, 3.63) is 29.6 Å². The van der Waals surface area contributed by atoms with Crippen molar-refractivity contribution < 1.29 is 14.2 Å². The fraction of sp³-hybridized carbons (Fsp3) is 0.538. The van der Waals surface area contributed by atoms with E-state index in [0.29, 0.717) is 23.7 Å². The molecule has 0 bridgehead atoms. The molecule has 0 aromatic heterocycles. The summed E-state index contributed by atoms with van der Waals surface area (Å²) in [6, 6.07) is 4.27. The van der Waals surface area contributed by atoms with Gasteiger partial charge in [-0.15, -0.1) is 0 Å². The quantitative estimate of drug-likeness (QED) is 0.851. The van der Waals surface area contributed by atoms with Gasteiger partial charge in [-0.05, 0) is 30.5 Å². The topological polar surface area (TPSA) is 29.5 Å².